The minimum Gasteiger partial charge on any atom is -0.308 e. The lowest BCUT2D eigenvalue weighted by Crippen LogP contribution is -2.04. The van der Waals surface area contributed by atoms with E-state index in [9.17, 15) is 0 Å². The third-order valence-electron chi connectivity index (χ3n) is 10.6. The molecular weight excluding hydrogens is 645 g/mol. The Hall–Kier alpha value is -7.17. The lowest BCUT2D eigenvalue weighted by atomic mass is 9.96. The van der Waals surface area contributed by atoms with Gasteiger partial charge in [-0.25, -0.2) is 15.0 Å². The summed E-state index contributed by atoms with van der Waals surface area (Å²) in [6.07, 6.45) is 0. The van der Waals surface area contributed by atoms with Crippen LogP contribution in [-0.2, 0) is 0 Å². The number of rotatable bonds is 4. The van der Waals surface area contributed by atoms with Crippen LogP contribution in [0.5, 0.6) is 0 Å². The van der Waals surface area contributed by atoms with Crippen molar-refractivity contribution in [1.29, 1.82) is 0 Å². The first kappa shape index (κ1) is 29.5. The summed E-state index contributed by atoms with van der Waals surface area (Å²) in [5, 5.41) is 12.1. The molecule has 0 saturated carbocycles. The third-order valence-corrected chi connectivity index (χ3v) is 10.6. The van der Waals surface area contributed by atoms with Crippen molar-refractivity contribution in [3.05, 3.63) is 182 Å². The Labute approximate surface area is 305 Å². The van der Waals surface area contributed by atoms with Crippen LogP contribution in [0.15, 0.2) is 182 Å². The van der Waals surface area contributed by atoms with Crippen molar-refractivity contribution in [1.82, 2.24) is 19.5 Å². The van der Waals surface area contributed by atoms with E-state index >= 15 is 0 Å². The molecule has 4 nitrogen and oxygen atoms in total. The average Bonchev–Trinajstić information content (AvgIpc) is 3.57. The van der Waals surface area contributed by atoms with Crippen molar-refractivity contribution < 1.29 is 0 Å². The van der Waals surface area contributed by atoms with Crippen LogP contribution >= 0.6 is 0 Å². The number of benzene rings is 9. The summed E-state index contributed by atoms with van der Waals surface area (Å²) in [5.41, 5.74) is 6.15. The number of hydrogen-bond donors (Lipinski definition) is 0. The van der Waals surface area contributed by atoms with E-state index < -0.39 is 0 Å². The Morgan fingerprint density at radius 1 is 0.302 bits per heavy atom. The highest BCUT2D eigenvalue weighted by Gasteiger charge is 2.21. The van der Waals surface area contributed by atoms with Crippen LogP contribution in [0, 0.1) is 0 Å². The molecule has 9 aromatic carbocycles. The van der Waals surface area contributed by atoms with Crippen LogP contribution in [0.25, 0.3) is 105 Å². The number of aromatic nitrogens is 4. The van der Waals surface area contributed by atoms with Gasteiger partial charge in [-0.3, -0.25) is 0 Å². The second-order valence-corrected chi connectivity index (χ2v) is 13.6. The summed E-state index contributed by atoms with van der Waals surface area (Å²) >= 11 is 0. The van der Waals surface area contributed by atoms with Gasteiger partial charge in [0.05, 0.1) is 16.7 Å². The van der Waals surface area contributed by atoms with E-state index in [1.165, 1.54) is 37.7 Å². The topological polar surface area (TPSA) is 43.6 Å². The van der Waals surface area contributed by atoms with Crippen molar-refractivity contribution in [3.8, 4) is 39.9 Å². The second kappa shape index (κ2) is 11.7. The molecule has 2 heterocycles. The average molecular weight is 675 g/mol. The highest BCUT2D eigenvalue weighted by Crippen LogP contribution is 2.40. The number of para-hydroxylation sites is 2. The number of fused-ring (bicyclic) bond motifs is 9. The van der Waals surface area contributed by atoms with Gasteiger partial charge < -0.3 is 4.57 Å². The largest absolute Gasteiger partial charge is 0.308 e. The van der Waals surface area contributed by atoms with Gasteiger partial charge in [0.1, 0.15) is 0 Å². The molecule has 4 heteroatoms. The maximum atomic E-state index is 5.31. The molecule has 246 valence electrons. The van der Waals surface area contributed by atoms with Gasteiger partial charge in [0, 0.05) is 32.8 Å². The van der Waals surface area contributed by atoms with Gasteiger partial charge >= 0.3 is 0 Å². The van der Waals surface area contributed by atoms with Gasteiger partial charge in [0.25, 0.3) is 0 Å². The molecule has 0 aliphatic rings. The van der Waals surface area contributed by atoms with E-state index in [1.54, 1.807) is 0 Å². The Morgan fingerprint density at radius 3 is 1.51 bits per heavy atom. The third kappa shape index (κ3) is 4.66. The predicted octanol–water partition coefficient (Wildman–Crippen LogP) is 12.6. The van der Waals surface area contributed by atoms with E-state index in [2.05, 4.69) is 168 Å². The maximum Gasteiger partial charge on any atom is 0.166 e. The van der Waals surface area contributed by atoms with Crippen LogP contribution in [0.4, 0.5) is 0 Å². The van der Waals surface area contributed by atoms with Crippen molar-refractivity contribution in [2.24, 2.45) is 0 Å². The molecule has 0 aliphatic heterocycles. The normalized spacial score (nSPS) is 11.8. The van der Waals surface area contributed by atoms with Gasteiger partial charge in [-0.05, 0) is 62.0 Å². The molecule has 0 radical (unpaired) electrons. The smallest absolute Gasteiger partial charge is 0.166 e. The summed E-state index contributed by atoms with van der Waals surface area (Å²) in [6, 6.07) is 64.5. The SMILES string of the molecule is c1ccc(-c2nc(-c3ccc4c(ccc5c6ccccc6ccc45)c3)nc(-c3ccc4ccccc4c3-n3c4ccccc4c4ccccc43)n2)cc1. The second-order valence-electron chi connectivity index (χ2n) is 13.6. The minimum atomic E-state index is 0.626. The molecule has 0 spiro atoms. The molecule has 0 N–H and O–H groups in total. The molecule has 0 bridgehead atoms. The van der Waals surface area contributed by atoms with Crippen LogP contribution < -0.4 is 0 Å². The van der Waals surface area contributed by atoms with Crippen LogP contribution in [0.3, 0.4) is 0 Å². The Kier molecular flexibility index (Phi) is 6.52. The fraction of sp³-hybridized carbons (Fsp3) is 0. The molecule has 2 aromatic heterocycles. The van der Waals surface area contributed by atoms with Crippen molar-refractivity contribution in [2.45, 2.75) is 0 Å². The van der Waals surface area contributed by atoms with Gasteiger partial charge in [0.15, 0.2) is 17.5 Å². The maximum absolute atomic E-state index is 5.31. The van der Waals surface area contributed by atoms with E-state index in [0.717, 1.165) is 49.6 Å². The van der Waals surface area contributed by atoms with Gasteiger partial charge in [-0.1, -0.05) is 158 Å². The molecule has 11 aromatic rings. The summed E-state index contributed by atoms with van der Waals surface area (Å²) in [5.74, 6) is 1.90. The molecule has 0 aliphatic carbocycles. The van der Waals surface area contributed by atoms with Crippen molar-refractivity contribution in [2.75, 3.05) is 0 Å². The molecule has 0 atom stereocenters. The van der Waals surface area contributed by atoms with Gasteiger partial charge in [0.2, 0.25) is 0 Å². The van der Waals surface area contributed by atoms with E-state index in [4.69, 9.17) is 15.0 Å². The number of hydrogen-bond acceptors (Lipinski definition) is 3. The molecule has 53 heavy (non-hydrogen) atoms. The zero-order valence-corrected chi connectivity index (χ0v) is 28.6. The van der Waals surface area contributed by atoms with Crippen LogP contribution in [0.1, 0.15) is 0 Å². The summed E-state index contributed by atoms with van der Waals surface area (Å²) in [7, 11) is 0. The molecule has 0 unspecified atom stereocenters. The first-order valence-corrected chi connectivity index (χ1v) is 18.0. The molecule has 0 saturated heterocycles. The first-order valence-electron chi connectivity index (χ1n) is 18.0. The minimum absolute atomic E-state index is 0.626. The zero-order chi connectivity index (χ0) is 34.9. The Balaban J connectivity index is 1.18. The van der Waals surface area contributed by atoms with E-state index in [-0.39, 0.29) is 0 Å². The van der Waals surface area contributed by atoms with Gasteiger partial charge in [-0.2, -0.15) is 0 Å². The van der Waals surface area contributed by atoms with Crippen molar-refractivity contribution in [3.63, 3.8) is 0 Å². The molecule has 0 amide bonds. The lowest BCUT2D eigenvalue weighted by molar-refractivity contribution is 1.07. The van der Waals surface area contributed by atoms with Crippen LogP contribution in [0.2, 0.25) is 0 Å². The molecule has 11 rings (SSSR count). The van der Waals surface area contributed by atoms with Crippen molar-refractivity contribution >= 4 is 64.9 Å². The first-order chi connectivity index (χ1) is 26.3. The standard InChI is InChI=1S/C49H30N4/c1-2-14-33(15-3-1)47-50-48(35-25-26-37-34(30-35)24-28-39-36-16-6-4-12-31(36)22-27-40(37)39)52-49(51-47)43-29-23-32-13-5-7-17-38(32)46(43)53-44-20-10-8-18-41(44)42-19-9-11-21-45(42)53/h1-30H. The summed E-state index contributed by atoms with van der Waals surface area (Å²) < 4.78 is 2.39. The Bertz CT molecular complexity index is 3180. The van der Waals surface area contributed by atoms with E-state index in [1.807, 2.05) is 18.2 Å². The van der Waals surface area contributed by atoms with E-state index in [0.29, 0.717) is 17.5 Å². The highest BCUT2D eigenvalue weighted by atomic mass is 15.1. The monoisotopic (exact) mass is 674 g/mol. The Morgan fingerprint density at radius 2 is 0.792 bits per heavy atom. The quantitative estimate of drug-likeness (QED) is 0.175. The highest BCUT2D eigenvalue weighted by molar-refractivity contribution is 6.17. The fourth-order valence-electron chi connectivity index (χ4n) is 8.15. The number of nitrogens with zero attached hydrogens (tertiary/aromatic N) is 4. The van der Waals surface area contributed by atoms with Crippen LogP contribution in [-0.4, -0.2) is 19.5 Å². The lowest BCUT2D eigenvalue weighted by Gasteiger charge is -2.17. The zero-order valence-electron chi connectivity index (χ0n) is 28.6. The molecular formula is C49H30N4. The predicted molar refractivity (Wildman–Crippen MR) is 220 cm³/mol. The van der Waals surface area contributed by atoms with Gasteiger partial charge in [-0.15, -0.1) is 0 Å². The summed E-state index contributed by atoms with van der Waals surface area (Å²) in [4.78, 5) is 15.7. The summed E-state index contributed by atoms with van der Waals surface area (Å²) in [6.45, 7) is 0. The fourth-order valence-corrected chi connectivity index (χ4v) is 8.15. The molecule has 0 fully saturated rings.